The minimum Gasteiger partial charge on any atom is -0.496 e. The van der Waals surface area contributed by atoms with Gasteiger partial charge in [0.25, 0.3) is 5.56 Å². The Morgan fingerprint density at radius 1 is 0.854 bits per heavy atom. The minimum absolute atomic E-state index is 0.271. The average molecular weight is 546 g/mol. The molecular weight excluding hydrogens is 518 g/mol. The van der Waals surface area contributed by atoms with Crippen LogP contribution in [0.2, 0.25) is 0 Å². The molecule has 6 aromatic rings. The van der Waals surface area contributed by atoms with Gasteiger partial charge in [0.2, 0.25) is 5.82 Å². The van der Waals surface area contributed by atoms with Gasteiger partial charge in [-0.05, 0) is 66.6 Å². The first-order valence-electron chi connectivity index (χ1n) is 13.0. The van der Waals surface area contributed by atoms with Crippen LogP contribution in [0.3, 0.4) is 0 Å². The first kappa shape index (κ1) is 25.9. The number of methoxy groups -OCH3 is 2. The van der Waals surface area contributed by atoms with E-state index in [9.17, 15) is 4.79 Å². The van der Waals surface area contributed by atoms with E-state index in [2.05, 4.69) is 17.2 Å². The largest absolute Gasteiger partial charge is 0.496 e. The summed E-state index contributed by atoms with van der Waals surface area (Å²) in [7, 11) is 3.18. The van der Waals surface area contributed by atoms with Crippen LogP contribution in [0.5, 0.6) is 17.2 Å². The minimum atomic E-state index is -0.320. The number of nitrogens with zero attached hydrogens (tertiary/aromatic N) is 3. The average Bonchev–Trinajstić information content (AvgIpc) is 3.45. The Labute approximate surface area is 236 Å². The van der Waals surface area contributed by atoms with E-state index < -0.39 is 0 Å². The third kappa shape index (κ3) is 5.15. The number of para-hydroxylation sites is 1. The topological polar surface area (TPSA) is 88.1 Å². The van der Waals surface area contributed by atoms with Crippen LogP contribution in [0.1, 0.15) is 16.7 Å². The summed E-state index contributed by atoms with van der Waals surface area (Å²) in [5, 5.41) is 5.77. The Hall–Kier alpha value is -5.37. The highest BCUT2D eigenvalue weighted by atomic mass is 16.5. The second-order valence-corrected chi connectivity index (χ2v) is 9.48. The molecule has 41 heavy (non-hydrogen) atoms. The van der Waals surface area contributed by atoms with Gasteiger partial charge in [-0.2, -0.15) is 9.78 Å². The molecule has 0 amide bonds. The van der Waals surface area contributed by atoms with Gasteiger partial charge >= 0.3 is 0 Å². The Morgan fingerprint density at radius 3 is 2.46 bits per heavy atom. The lowest BCUT2D eigenvalue weighted by Gasteiger charge is -2.12. The Morgan fingerprint density at radius 2 is 1.66 bits per heavy atom. The molecule has 0 bridgehead atoms. The van der Waals surface area contributed by atoms with E-state index >= 15 is 0 Å². The molecule has 0 fully saturated rings. The standard InChI is InChI=1S/C33H27N3O5/c1-21-11-13-22(14-12-21)20-40-29-16-15-23(17-30(29)39-3)19-34-36-32(35-26-8-5-4-7-24(26)33(36)37)31-18-25-27(38-2)9-6-10-28(25)41-31/h4-19H,20H2,1-3H3. The summed E-state index contributed by atoms with van der Waals surface area (Å²) in [5.41, 5.74) is 3.80. The van der Waals surface area contributed by atoms with Crippen LogP contribution in [-0.4, -0.2) is 30.1 Å². The van der Waals surface area contributed by atoms with Gasteiger partial charge in [-0.15, -0.1) is 0 Å². The Kier molecular flexibility index (Phi) is 6.95. The maximum Gasteiger partial charge on any atom is 0.282 e. The zero-order chi connectivity index (χ0) is 28.3. The van der Waals surface area contributed by atoms with Gasteiger partial charge < -0.3 is 18.6 Å². The molecule has 0 unspecified atom stereocenters. The predicted molar refractivity (Wildman–Crippen MR) is 159 cm³/mol. The SMILES string of the molecule is COc1cc(C=Nn2c(-c3cc4c(OC)cccc4o3)nc3ccccc3c2=O)ccc1OCc1ccc(C)cc1. The van der Waals surface area contributed by atoms with Crippen LogP contribution in [0.15, 0.2) is 105 Å². The molecule has 0 spiro atoms. The number of hydrogen-bond donors (Lipinski definition) is 0. The first-order valence-corrected chi connectivity index (χ1v) is 13.0. The Balaban J connectivity index is 1.37. The smallest absolute Gasteiger partial charge is 0.282 e. The number of aromatic nitrogens is 2. The number of ether oxygens (including phenoxy) is 3. The zero-order valence-electron chi connectivity index (χ0n) is 22.8. The molecule has 0 atom stereocenters. The van der Waals surface area contributed by atoms with Crippen molar-refractivity contribution in [3.8, 4) is 28.8 Å². The van der Waals surface area contributed by atoms with Crippen molar-refractivity contribution in [2.24, 2.45) is 5.10 Å². The molecule has 2 aromatic heterocycles. The number of aryl methyl sites for hydroxylation is 1. The van der Waals surface area contributed by atoms with Gasteiger partial charge in [0.15, 0.2) is 17.3 Å². The van der Waals surface area contributed by atoms with E-state index in [1.807, 2.05) is 55.5 Å². The summed E-state index contributed by atoms with van der Waals surface area (Å²) in [6.45, 7) is 2.46. The fourth-order valence-electron chi connectivity index (χ4n) is 4.57. The normalized spacial score (nSPS) is 11.4. The van der Waals surface area contributed by atoms with E-state index in [4.69, 9.17) is 23.6 Å². The van der Waals surface area contributed by atoms with Crippen molar-refractivity contribution in [1.29, 1.82) is 0 Å². The molecule has 0 saturated heterocycles. The van der Waals surface area contributed by atoms with Gasteiger partial charge in [0.1, 0.15) is 17.9 Å². The second kappa shape index (κ2) is 11.0. The third-order valence-electron chi connectivity index (χ3n) is 6.74. The maximum absolute atomic E-state index is 13.6. The first-order chi connectivity index (χ1) is 20.0. The van der Waals surface area contributed by atoms with Crippen LogP contribution in [0.4, 0.5) is 0 Å². The van der Waals surface area contributed by atoms with Crippen molar-refractivity contribution >= 4 is 28.1 Å². The highest BCUT2D eigenvalue weighted by molar-refractivity contribution is 5.88. The van der Waals surface area contributed by atoms with Crippen molar-refractivity contribution in [3.63, 3.8) is 0 Å². The summed E-state index contributed by atoms with van der Waals surface area (Å²) in [4.78, 5) is 18.3. The number of benzene rings is 4. The van der Waals surface area contributed by atoms with E-state index in [-0.39, 0.29) is 11.4 Å². The van der Waals surface area contributed by atoms with Crippen LogP contribution in [0, 0.1) is 6.92 Å². The zero-order valence-corrected chi connectivity index (χ0v) is 22.8. The molecule has 0 aliphatic rings. The maximum atomic E-state index is 13.6. The van der Waals surface area contributed by atoms with Gasteiger partial charge in [-0.1, -0.05) is 48.0 Å². The van der Waals surface area contributed by atoms with Gasteiger partial charge in [0, 0.05) is 0 Å². The Bertz CT molecular complexity index is 1960. The molecule has 6 rings (SSSR count). The summed E-state index contributed by atoms with van der Waals surface area (Å²) in [6.07, 6.45) is 1.58. The molecule has 4 aromatic carbocycles. The summed E-state index contributed by atoms with van der Waals surface area (Å²) in [5.74, 6) is 2.48. The third-order valence-corrected chi connectivity index (χ3v) is 6.74. The van der Waals surface area contributed by atoms with Crippen molar-refractivity contribution in [2.45, 2.75) is 13.5 Å². The van der Waals surface area contributed by atoms with Gasteiger partial charge in [-0.3, -0.25) is 4.79 Å². The second-order valence-electron chi connectivity index (χ2n) is 9.48. The van der Waals surface area contributed by atoms with Crippen LogP contribution >= 0.6 is 0 Å². The van der Waals surface area contributed by atoms with E-state index in [0.29, 0.717) is 51.7 Å². The quantitative estimate of drug-likeness (QED) is 0.200. The van der Waals surface area contributed by atoms with Crippen LogP contribution < -0.4 is 19.8 Å². The van der Waals surface area contributed by atoms with Crippen molar-refractivity contribution in [3.05, 3.63) is 118 Å². The molecule has 0 radical (unpaired) electrons. The number of rotatable bonds is 8. The number of fused-ring (bicyclic) bond motifs is 2. The predicted octanol–water partition coefficient (Wildman–Crippen LogP) is 6.60. The molecule has 0 aliphatic carbocycles. The van der Waals surface area contributed by atoms with Crippen molar-refractivity contribution in [2.75, 3.05) is 14.2 Å². The number of furan rings is 1. The molecule has 2 heterocycles. The highest BCUT2D eigenvalue weighted by Crippen LogP contribution is 2.33. The molecule has 8 heteroatoms. The van der Waals surface area contributed by atoms with E-state index in [1.165, 1.54) is 10.2 Å². The van der Waals surface area contributed by atoms with Crippen molar-refractivity contribution in [1.82, 2.24) is 9.66 Å². The lowest BCUT2D eigenvalue weighted by atomic mass is 10.2. The number of hydrogen-bond acceptors (Lipinski definition) is 7. The van der Waals surface area contributed by atoms with Crippen LogP contribution in [-0.2, 0) is 6.61 Å². The molecule has 204 valence electrons. The fourth-order valence-corrected chi connectivity index (χ4v) is 4.57. The van der Waals surface area contributed by atoms with Gasteiger partial charge in [-0.25, -0.2) is 4.98 Å². The lowest BCUT2D eigenvalue weighted by Crippen LogP contribution is -2.20. The van der Waals surface area contributed by atoms with Crippen molar-refractivity contribution < 1.29 is 18.6 Å². The molecule has 0 saturated carbocycles. The monoisotopic (exact) mass is 545 g/mol. The fraction of sp³-hybridized carbons (Fsp3) is 0.121. The molecular formula is C33H27N3O5. The van der Waals surface area contributed by atoms with E-state index in [1.54, 1.807) is 50.8 Å². The van der Waals surface area contributed by atoms with Gasteiger partial charge in [0.05, 0.1) is 36.7 Å². The lowest BCUT2D eigenvalue weighted by molar-refractivity contribution is 0.284. The van der Waals surface area contributed by atoms with E-state index in [0.717, 1.165) is 10.9 Å². The summed E-state index contributed by atoms with van der Waals surface area (Å²) >= 11 is 0. The summed E-state index contributed by atoms with van der Waals surface area (Å²) in [6, 6.07) is 28.1. The molecule has 8 nitrogen and oxygen atoms in total. The van der Waals surface area contributed by atoms with Crippen LogP contribution in [0.25, 0.3) is 33.5 Å². The highest BCUT2D eigenvalue weighted by Gasteiger charge is 2.18. The summed E-state index contributed by atoms with van der Waals surface area (Å²) < 4.78 is 24.4. The molecule has 0 aliphatic heterocycles. The molecule has 0 N–H and O–H groups in total.